The van der Waals surface area contributed by atoms with Crippen molar-refractivity contribution in [1.29, 1.82) is 0 Å². The topological polar surface area (TPSA) is 86.6 Å². The number of alkyl halides is 2. The third kappa shape index (κ3) is 8.10. The molecule has 0 aliphatic rings. The van der Waals surface area contributed by atoms with Gasteiger partial charge in [0.1, 0.15) is 6.61 Å². The van der Waals surface area contributed by atoms with Crippen molar-refractivity contribution in [1.82, 2.24) is 5.32 Å². The minimum Gasteiger partial charge on any atom is -0.481 e. The van der Waals surface area contributed by atoms with Gasteiger partial charge >= 0.3 is 5.97 Å². The van der Waals surface area contributed by atoms with E-state index in [-0.39, 0.29) is 12.8 Å². The molecule has 0 atom stereocenters. The zero-order chi connectivity index (χ0) is 12.6. The first-order chi connectivity index (χ1) is 7.37. The largest absolute Gasteiger partial charge is 0.481 e. The van der Waals surface area contributed by atoms with Crippen LogP contribution in [0.5, 0.6) is 0 Å². The van der Waals surface area contributed by atoms with Gasteiger partial charge in [-0.3, -0.25) is 9.59 Å². The van der Waals surface area contributed by atoms with Gasteiger partial charge in [-0.05, 0) is 12.8 Å². The second kappa shape index (κ2) is 7.10. The monoisotopic (exact) mass is 239 g/mol. The van der Waals surface area contributed by atoms with E-state index in [2.05, 4.69) is 0 Å². The minimum absolute atomic E-state index is 0.00872. The number of carbonyl (C=O) groups is 2. The molecular formula is C9H15F2NO4. The van der Waals surface area contributed by atoms with Gasteiger partial charge in [-0.25, -0.2) is 8.78 Å². The fourth-order valence-corrected chi connectivity index (χ4v) is 0.934. The normalized spacial score (nSPS) is 11.2. The highest BCUT2D eigenvalue weighted by Crippen LogP contribution is 2.10. The molecule has 0 heterocycles. The van der Waals surface area contributed by atoms with Crippen LogP contribution in [-0.4, -0.2) is 41.2 Å². The lowest BCUT2D eigenvalue weighted by molar-refractivity contribution is -0.137. The van der Waals surface area contributed by atoms with Gasteiger partial charge < -0.3 is 15.5 Å². The van der Waals surface area contributed by atoms with Gasteiger partial charge in [-0.2, -0.15) is 0 Å². The summed E-state index contributed by atoms with van der Waals surface area (Å²) in [6.07, 6.45) is 0.636. The number of hydrogen-bond acceptors (Lipinski definition) is 3. The molecule has 94 valence electrons. The van der Waals surface area contributed by atoms with Crippen LogP contribution >= 0.6 is 0 Å². The van der Waals surface area contributed by atoms with Gasteiger partial charge in [0, 0.05) is 12.8 Å². The maximum atomic E-state index is 12.5. The Balaban J connectivity index is 3.56. The van der Waals surface area contributed by atoms with Gasteiger partial charge in [0.2, 0.25) is 5.91 Å². The van der Waals surface area contributed by atoms with E-state index < -0.39 is 31.0 Å². The number of aliphatic hydroxyl groups excluding tert-OH is 1. The van der Waals surface area contributed by atoms with Gasteiger partial charge in [0.15, 0.2) is 0 Å². The first-order valence-corrected chi connectivity index (χ1v) is 4.84. The Labute approximate surface area is 91.5 Å². The second-order valence-corrected chi connectivity index (χ2v) is 3.39. The molecule has 1 amide bonds. The number of carboxylic acid groups (broad SMARTS) is 1. The summed E-state index contributed by atoms with van der Waals surface area (Å²) in [4.78, 5) is 21.1. The zero-order valence-electron chi connectivity index (χ0n) is 8.71. The first-order valence-electron chi connectivity index (χ1n) is 4.84. The number of unbranched alkanes of at least 4 members (excludes halogenated alkanes) is 1. The van der Waals surface area contributed by atoms with E-state index in [0.29, 0.717) is 12.8 Å². The van der Waals surface area contributed by atoms with Crippen LogP contribution in [-0.2, 0) is 9.59 Å². The number of amides is 1. The number of carbonyl (C=O) groups excluding carboxylic acids is 1. The molecule has 0 aromatic carbocycles. The average Bonchev–Trinajstić information content (AvgIpc) is 2.21. The van der Waals surface area contributed by atoms with E-state index in [1.165, 1.54) is 0 Å². The molecule has 0 aliphatic carbocycles. The van der Waals surface area contributed by atoms with E-state index in [0.717, 1.165) is 0 Å². The Bertz CT molecular complexity index is 246. The molecule has 5 nitrogen and oxygen atoms in total. The Morgan fingerprint density at radius 1 is 1.19 bits per heavy atom. The van der Waals surface area contributed by atoms with Gasteiger partial charge in [0.25, 0.3) is 5.92 Å². The molecule has 0 radical (unpaired) electrons. The fourth-order valence-electron chi connectivity index (χ4n) is 0.934. The summed E-state index contributed by atoms with van der Waals surface area (Å²) in [5, 5.41) is 18.5. The lowest BCUT2D eigenvalue weighted by Crippen LogP contribution is -2.38. The number of halogens is 2. The van der Waals surface area contributed by atoms with Crippen molar-refractivity contribution in [3.8, 4) is 0 Å². The van der Waals surface area contributed by atoms with E-state index in [4.69, 9.17) is 10.2 Å². The van der Waals surface area contributed by atoms with E-state index in [1.807, 2.05) is 5.32 Å². The molecule has 0 aliphatic heterocycles. The molecular weight excluding hydrogens is 224 g/mol. The highest BCUT2D eigenvalue weighted by atomic mass is 19.3. The van der Waals surface area contributed by atoms with Crippen molar-refractivity contribution in [2.24, 2.45) is 0 Å². The van der Waals surface area contributed by atoms with Crippen LogP contribution in [0.25, 0.3) is 0 Å². The molecule has 0 bridgehead atoms. The highest BCUT2D eigenvalue weighted by molar-refractivity contribution is 5.76. The summed E-state index contributed by atoms with van der Waals surface area (Å²) in [7, 11) is 0. The van der Waals surface area contributed by atoms with Crippen molar-refractivity contribution >= 4 is 11.9 Å². The first kappa shape index (κ1) is 14.8. The Morgan fingerprint density at radius 2 is 1.75 bits per heavy atom. The summed E-state index contributed by atoms with van der Waals surface area (Å²) in [5.74, 6) is -4.83. The van der Waals surface area contributed by atoms with E-state index in [1.54, 1.807) is 0 Å². The standard InChI is InChI=1S/C9H15F2NO4/c10-9(11,6-13)5-12-7(14)3-1-2-4-8(15)16/h13H,1-6H2,(H,12,14)(H,15,16). The van der Waals surface area contributed by atoms with E-state index >= 15 is 0 Å². The Hall–Kier alpha value is -1.24. The molecule has 0 saturated heterocycles. The fraction of sp³-hybridized carbons (Fsp3) is 0.778. The SMILES string of the molecule is O=C(O)CCCCC(=O)NCC(F)(F)CO. The summed E-state index contributed by atoms with van der Waals surface area (Å²) in [5.41, 5.74) is 0. The third-order valence-electron chi connectivity index (χ3n) is 1.82. The van der Waals surface area contributed by atoms with Crippen molar-refractivity contribution in [2.75, 3.05) is 13.2 Å². The van der Waals surface area contributed by atoms with Gasteiger partial charge in [-0.1, -0.05) is 0 Å². The maximum absolute atomic E-state index is 12.5. The predicted octanol–water partition coefficient (Wildman–Crippen LogP) is 0.375. The van der Waals surface area contributed by atoms with Gasteiger partial charge in [-0.15, -0.1) is 0 Å². The van der Waals surface area contributed by atoms with Crippen LogP contribution in [0.2, 0.25) is 0 Å². The molecule has 0 aromatic rings. The number of carboxylic acids is 1. The highest BCUT2D eigenvalue weighted by Gasteiger charge is 2.27. The second-order valence-electron chi connectivity index (χ2n) is 3.39. The summed E-state index contributed by atoms with van der Waals surface area (Å²) < 4.78 is 24.9. The Morgan fingerprint density at radius 3 is 2.25 bits per heavy atom. The van der Waals surface area contributed by atoms with Crippen LogP contribution in [0, 0.1) is 0 Å². The third-order valence-corrected chi connectivity index (χ3v) is 1.82. The molecule has 7 heteroatoms. The summed E-state index contributed by atoms with van der Waals surface area (Å²) in [6, 6.07) is 0. The zero-order valence-corrected chi connectivity index (χ0v) is 8.71. The number of aliphatic carboxylic acids is 1. The van der Waals surface area contributed by atoms with Crippen LogP contribution in [0.3, 0.4) is 0 Å². The number of aliphatic hydroxyl groups is 1. The van der Waals surface area contributed by atoms with E-state index in [9.17, 15) is 18.4 Å². The predicted molar refractivity (Wildman–Crippen MR) is 51.1 cm³/mol. The lowest BCUT2D eigenvalue weighted by Gasteiger charge is -2.13. The number of hydrogen-bond donors (Lipinski definition) is 3. The Kier molecular flexibility index (Phi) is 6.55. The van der Waals surface area contributed by atoms with Crippen LogP contribution < -0.4 is 5.32 Å². The molecule has 0 rings (SSSR count). The van der Waals surface area contributed by atoms with Crippen LogP contribution in [0.4, 0.5) is 8.78 Å². The van der Waals surface area contributed by atoms with Crippen molar-refractivity contribution in [2.45, 2.75) is 31.6 Å². The average molecular weight is 239 g/mol. The molecule has 0 spiro atoms. The van der Waals surface area contributed by atoms with Crippen LogP contribution in [0.1, 0.15) is 25.7 Å². The number of nitrogens with one attached hydrogen (secondary N) is 1. The molecule has 0 saturated carbocycles. The quantitative estimate of drug-likeness (QED) is 0.534. The molecule has 0 fully saturated rings. The maximum Gasteiger partial charge on any atom is 0.303 e. The molecule has 0 unspecified atom stereocenters. The smallest absolute Gasteiger partial charge is 0.303 e. The van der Waals surface area contributed by atoms with Crippen molar-refractivity contribution < 1.29 is 28.6 Å². The number of rotatable bonds is 8. The summed E-state index contributed by atoms with van der Waals surface area (Å²) in [6.45, 7) is -2.21. The molecule has 3 N–H and O–H groups in total. The molecule has 16 heavy (non-hydrogen) atoms. The lowest BCUT2D eigenvalue weighted by atomic mass is 10.2. The summed E-state index contributed by atoms with van der Waals surface area (Å²) >= 11 is 0. The minimum atomic E-state index is -3.31. The van der Waals surface area contributed by atoms with Crippen LogP contribution in [0.15, 0.2) is 0 Å². The molecule has 0 aromatic heterocycles. The van der Waals surface area contributed by atoms with Crippen molar-refractivity contribution in [3.63, 3.8) is 0 Å². The van der Waals surface area contributed by atoms with Gasteiger partial charge in [0.05, 0.1) is 6.54 Å². The van der Waals surface area contributed by atoms with Crippen molar-refractivity contribution in [3.05, 3.63) is 0 Å².